The largest absolute Gasteiger partial charge is 0.454 e. The summed E-state index contributed by atoms with van der Waals surface area (Å²) in [7, 11) is 2.21. The third-order valence-electron chi connectivity index (χ3n) is 9.03. The molecule has 2 nitrogen and oxygen atoms in total. The van der Waals surface area contributed by atoms with Gasteiger partial charge < -0.3 is 4.42 Å². The molecule has 0 unspecified atom stereocenters. The Morgan fingerprint density at radius 2 is 1.42 bits per heavy atom. The van der Waals surface area contributed by atoms with Crippen LogP contribution in [0.15, 0.2) is 65.2 Å². The topological polar surface area (TPSA) is 17.0 Å². The number of aryl methyl sites for hydroxylation is 2. The minimum atomic E-state index is 0.294. The molecule has 2 aromatic heterocycles. The van der Waals surface area contributed by atoms with Crippen LogP contribution in [0.5, 0.6) is 0 Å². The fraction of sp³-hybridized carbons (Fsp3) is 0.323. The molecule has 33 heavy (non-hydrogen) atoms. The van der Waals surface area contributed by atoms with Gasteiger partial charge in [-0.15, -0.1) is 0 Å². The van der Waals surface area contributed by atoms with E-state index in [-0.39, 0.29) is 0 Å². The van der Waals surface area contributed by atoms with Crippen molar-refractivity contribution in [2.75, 3.05) is 0 Å². The molecule has 3 aromatic carbocycles. The van der Waals surface area contributed by atoms with Crippen molar-refractivity contribution in [1.82, 2.24) is 0 Å². The van der Waals surface area contributed by atoms with Crippen molar-refractivity contribution >= 4 is 32.7 Å². The summed E-state index contributed by atoms with van der Waals surface area (Å²) in [6.45, 7) is 7.17. The summed E-state index contributed by atoms with van der Waals surface area (Å²) >= 11 is 0. The number of hydrogen-bond donors (Lipinski definition) is 0. The van der Waals surface area contributed by atoms with Gasteiger partial charge in [-0.25, -0.2) is 4.57 Å². The predicted octanol–water partition coefficient (Wildman–Crippen LogP) is 7.64. The highest BCUT2D eigenvalue weighted by Gasteiger charge is 2.49. The third-order valence-corrected chi connectivity index (χ3v) is 9.03. The zero-order valence-electron chi connectivity index (χ0n) is 20.0. The lowest BCUT2D eigenvalue weighted by atomic mass is 9.53. The van der Waals surface area contributed by atoms with E-state index in [0.29, 0.717) is 10.8 Å². The van der Waals surface area contributed by atoms with E-state index in [1.54, 1.807) is 11.1 Å². The Hall–Kier alpha value is -3.13. The highest BCUT2D eigenvalue weighted by Crippen LogP contribution is 2.56. The van der Waals surface area contributed by atoms with Gasteiger partial charge in [-0.3, -0.25) is 0 Å². The number of rotatable bonds is 1. The lowest BCUT2D eigenvalue weighted by molar-refractivity contribution is -0.661. The first-order chi connectivity index (χ1) is 15.9. The zero-order valence-corrected chi connectivity index (χ0v) is 20.0. The van der Waals surface area contributed by atoms with Gasteiger partial charge in [0.1, 0.15) is 18.2 Å². The van der Waals surface area contributed by atoms with Gasteiger partial charge in [0.15, 0.2) is 6.20 Å². The van der Waals surface area contributed by atoms with E-state index < -0.39 is 0 Å². The van der Waals surface area contributed by atoms with E-state index in [1.807, 2.05) is 0 Å². The molecule has 164 valence electrons. The SMILES string of the molecule is Cc1ccc2c(oc3c4ccccc4ccc23)c1-c1cc2c(c[n+]1C)C1(C)CCC2(C)CC1. The molecule has 2 heteroatoms. The van der Waals surface area contributed by atoms with E-state index in [0.717, 1.165) is 11.2 Å². The molecule has 0 saturated heterocycles. The number of benzene rings is 3. The fourth-order valence-electron chi connectivity index (χ4n) is 6.75. The minimum Gasteiger partial charge on any atom is -0.454 e. The zero-order chi connectivity index (χ0) is 22.5. The first kappa shape index (κ1) is 19.3. The number of pyridine rings is 1. The van der Waals surface area contributed by atoms with Crippen LogP contribution in [0.2, 0.25) is 0 Å². The second-order valence-corrected chi connectivity index (χ2v) is 11.1. The lowest BCUT2D eigenvalue weighted by Crippen LogP contribution is -2.47. The molecule has 0 radical (unpaired) electrons. The molecular formula is C31H30NO+. The highest BCUT2D eigenvalue weighted by atomic mass is 16.3. The fourth-order valence-corrected chi connectivity index (χ4v) is 6.75. The monoisotopic (exact) mass is 432 g/mol. The summed E-state index contributed by atoms with van der Waals surface area (Å²) in [5, 5.41) is 4.80. The first-order valence-corrected chi connectivity index (χ1v) is 12.3. The van der Waals surface area contributed by atoms with Crippen LogP contribution in [0.25, 0.3) is 44.0 Å². The molecule has 0 atom stereocenters. The third kappa shape index (κ3) is 2.47. The normalized spacial score (nSPS) is 24.1. The van der Waals surface area contributed by atoms with Gasteiger partial charge in [-0.05, 0) is 66.0 Å². The van der Waals surface area contributed by atoms with Crippen molar-refractivity contribution < 1.29 is 8.98 Å². The van der Waals surface area contributed by atoms with Gasteiger partial charge in [-0.1, -0.05) is 56.3 Å². The van der Waals surface area contributed by atoms with Crippen LogP contribution >= 0.6 is 0 Å². The van der Waals surface area contributed by atoms with Crippen molar-refractivity contribution in [2.24, 2.45) is 7.05 Å². The van der Waals surface area contributed by atoms with Gasteiger partial charge in [0.25, 0.3) is 0 Å². The minimum absolute atomic E-state index is 0.294. The standard InChI is InChI=1S/C31H30NO/c1-19-9-11-23-22-12-10-20-7-5-6-8-21(20)28(22)33-29(23)27(19)26-17-24-25(18-32(26)4)31(3)15-13-30(24,2)14-16-31/h5-12,17-18H,13-16H2,1-4H3/q+1. The van der Waals surface area contributed by atoms with Crippen LogP contribution in [-0.4, -0.2) is 0 Å². The lowest BCUT2D eigenvalue weighted by Gasteiger charge is -2.51. The molecule has 8 rings (SSSR count). The Morgan fingerprint density at radius 3 is 2.21 bits per heavy atom. The molecule has 0 amide bonds. The Kier molecular flexibility index (Phi) is 3.67. The van der Waals surface area contributed by atoms with Crippen LogP contribution in [0.1, 0.15) is 56.2 Å². The number of fused-ring (bicyclic) bond motifs is 7. The molecule has 3 aliphatic rings. The second kappa shape index (κ2) is 6.26. The van der Waals surface area contributed by atoms with Crippen LogP contribution in [0.3, 0.4) is 0 Å². The summed E-state index contributed by atoms with van der Waals surface area (Å²) in [5.41, 5.74) is 9.50. The van der Waals surface area contributed by atoms with Crippen molar-refractivity contribution in [3.8, 4) is 11.3 Å². The van der Waals surface area contributed by atoms with E-state index in [1.165, 1.54) is 64.0 Å². The molecular weight excluding hydrogens is 402 g/mol. The quantitative estimate of drug-likeness (QED) is 0.249. The molecule has 0 aliphatic heterocycles. The van der Waals surface area contributed by atoms with E-state index in [4.69, 9.17) is 4.42 Å². The van der Waals surface area contributed by atoms with Crippen molar-refractivity contribution in [2.45, 2.75) is 57.3 Å². The Bertz CT molecular complexity index is 1610. The average molecular weight is 433 g/mol. The molecule has 5 aromatic rings. The van der Waals surface area contributed by atoms with Gasteiger partial charge >= 0.3 is 0 Å². The Morgan fingerprint density at radius 1 is 0.758 bits per heavy atom. The molecule has 1 saturated carbocycles. The molecule has 2 heterocycles. The molecule has 1 fully saturated rings. The maximum absolute atomic E-state index is 6.72. The summed E-state index contributed by atoms with van der Waals surface area (Å²) in [6.07, 6.45) is 7.63. The number of hydrogen-bond acceptors (Lipinski definition) is 1. The average Bonchev–Trinajstić information content (AvgIpc) is 3.20. The molecule has 0 spiro atoms. The number of aromatic nitrogens is 1. The molecule has 0 N–H and O–H groups in total. The summed E-state index contributed by atoms with van der Waals surface area (Å²) in [5.74, 6) is 0. The van der Waals surface area contributed by atoms with Crippen molar-refractivity contribution in [3.05, 3.63) is 77.5 Å². The Labute approximate surface area is 194 Å². The highest BCUT2D eigenvalue weighted by molar-refractivity contribution is 6.17. The summed E-state index contributed by atoms with van der Waals surface area (Å²) in [6, 6.07) is 19.9. The number of furan rings is 1. The van der Waals surface area contributed by atoms with Crippen molar-refractivity contribution in [1.29, 1.82) is 0 Å². The van der Waals surface area contributed by atoms with E-state index >= 15 is 0 Å². The van der Waals surface area contributed by atoms with Crippen LogP contribution in [0, 0.1) is 6.92 Å². The van der Waals surface area contributed by atoms with Gasteiger partial charge in [0.05, 0.1) is 5.56 Å². The van der Waals surface area contributed by atoms with Crippen LogP contribution in [0.4, 0.5) is 0 Å². The van der Waals surface area contributed by atoms with Crippen molar-refractivity contribution in [3.63, 3.8) is 0 Å². The van der Waals surface area contributed by atoms with Gasteiger partial charge in [0.2, 0.25) is 5.69 Å². The summed E-state index contributed by atoms with van der Waals surface area (Å²) < 4.78 is 9.07. The number of nitrogens with zero attached hydrogens (tertiary/aromatic N) is 1. The van der Waals surface area contributed by atoms with Gasteiger partial charge in [0, 0.05) is 27.8 Å². The Balaban J connectivity index is 1.56. The summed E-state index contributed by atoms with van der Waals surface area (Å²) in [4.78, 5) is 0. The second-order valence-electron chi connectivity index (χ2n) is 11.1. The predicted molar refractivity (Wildman–Crippen MR) is 136 cm³/mol. The maximum atomic E-state index is 6.72. The molecule has 2 bridgehead atoms. The van der Waals surface area contributed by atoms with Crippen LogP contribution < -0.4 is 4.57 Å². The molecule has 3 aliphatic carbocycles. The van der Waals surface area contributed by atoms with Gasteiger partial charge in [-0.2, -0.15) is 0 Å². The van der Waals surface area contributed by atoms with E-state index in [9.17, 15) is 0 Å². The maximum Gasteiger partial charge on any atom is 0.216 e. The van der Waals surface area contributed by atoms with E-state index in [2.05, 4.69) is 93.2 Å². The first-order valence-electron chi connectivity index (χ1n) is 12.3. The van der Waals surface area contributed by atoms with Crippen LogP contribution in [-0.2, 0) is 17.9 Å². The smallest absolute Gasteiger partial charge is 0.216 e.